The Kier molecular flexibility index (Phi) is 6.40. The molecule has 0 bridgehead atoms. The molecule has 0 spiro atoms. The van der Waals surface area contributed by atoms with Crippen molar-refractivity contribution in [2.75, 3.05) is 25.9 Å². The van der Waals surface area contributed by atoms with Gasteiger partial charge in [-0.2, -0.15) is 9.78 Å². The van der Waals surface area contributed by atoms with Crippen molar-refractivity contribution in [2.45, 2.75) is 26.3 Å². The van der Waals surface area contributed by atoms with Crippen LogP contribution in [0.4, 0.5) is 5.82 Å². The molecule has 1 aliphatic heterocycles. The van der Waals surface area contributed by atoms with Gasteiger partial charge in [0, 0.05) is 5.56 Å². The molecule has 3 heterocycles. The first-order valence-corrected chi connectivity index (χ1v) is 10.4. The lowest BCUT2D eigenvalue weighted by Gasteiger charge is -2.27. The number of quaternary nitrogens is 1. The smallest absolute Gasteiger partial charge is 0.294 e. The minimum atomic E-state index is -0.489. The van der Waals surface area contributed by atoms with E-state index < -0.39 is 5.91 Å². The van der Waals surface area contributed by atoms with Crippen LogP contribution < -0.4 is 20.8 Å². The van der Waals surface area contributed by atoms with E-state index in [4.69, 9.17) is 15.1 Å². The number of carbonyl (C=O) groups excluding carboxylic acids is 1. The molecule has 0 unspecified atom stereocenters. The maximum atomic E-state index is 12.9. The van der Waals surface area contributed by atoms with E-state index in [1.165, 1.54) is 15.8 Å². The maximum absolute atomic E-state index is 12.9. The van der Waals surface area contributed by atoms with Gasteiger partial charge in [-0.05, 0) is 41.2 Å². The van der Waals surface area contributed by atoms with E-state index in [0.29, 0.717) is 23.9 Å². The quantitative estimate of drug-likeness (QED) is 0.338. The van der Waals surface area contributed by atoms with Crippen molar-refractivity contribution in [1.29, 1.82) is 0 Å². The van der Waals surface area contributed by atoms with Crippen molar-refractivity contribution in [2.24, 2.45) is 11.0 Å². The first-order valence-electron chi connectivity index (χ1n) is 10.4. The highest BCUT2D eigenvalue weighted by Crippen LogP contribution is 2.17. The van der Waals surface area contributed by atoms with Gasteiger partial charge in [-0.25, -0.2) is 10.1 Å². The second-order valence-corrected chi connectivity index (χ2v) is 7.82. The number of hydrazone groups is 1. The van der Waals surface area contributed by atoms with E-state index in [-0.39, 0.29) is 17.3 Å². The highest BCUT2D eigenvalue weighted by molar-refractivity contribution is 5.94. The molecule has 4 rings (SSSR count). The highest BCUT2D eigenvalue weighted by Gasteiger charge is 2.28. The molecule has 168 valence electrons. The molecule has 0 saturated carbocycles. The van der Waals surface area contributed by atoms with Crippen LogP contribution in [0.1, 0.15) is 41.5 Å². The number of ether oxygens (including phenoxy) is 1. The number of methoxy groups -OCH3 is 1. The number of benzene rings is 1. The monoisotopic (exact) mass is 440 g/mol. The van der Waals surface area contributed by atoms with E-state index in [1.54, 1.807) is 7.11 Å². The van der Waals surface area contributed by atoms with Gasteiger partial charge in [-0.1, -0.05) is 24.3 Å². The fourth-order valence-corrected chi connectivity index (χ4v) is 3.71. The first-order chi connectivity index (χ1) is 15.6. The average molecular weight is 440 g/mol. The second-order valence-electron chi connectivity index (χ2n) is 7.82. The molecule has 0 radical (unpaired) electrons. The van der Waals surface area contributed by atoms with Crippen molar-refractivity contribution >= 4 is 17.9 Å². The van der Waals surface area contributed by atoms with Gasteiger partial charge in [0.2, 0.25) is 11.6 Å². The number of amides is 1. The Labute approximate surface area is 184 Å². The Bertz CT molecular complexity index is 1100. The number of carbonyl (C=O) groups is 1. The number of hydrogen-bond donors (Lipinski definition) is 3. The molecule has 1 saturated heterocycles. The Morgan fingerprint density at radius 2 is 2.16 bits per heavy atom. The summed E-state index contributed by atoms with van der Waals surface area (Å²) in [7, 11) is 1.57. The summed E-state index contributed by atoms with van der Waals surface area (Å²) in [4.78, 5) is 14.2. The summed E-state index contributed by atoms with van der Waals surface area (Å²) in [5.41, 5.74) is 9.82. The van der Waals surface area contributed by atoms with Crippen molar-refractivity contribution < 1.29 is 19.1 Å². The lowest BCUT2D eigenvalue weighted by atomic mass is 9.99. The van der Waals surface area contributed by atoms with Gasteiger partial charge in [-0.3, -0.25) is 4.79 Å². The van der Waals surface area contributed by atoms with Crippen molar-refractivity contribution in [1.82, 2.24) is 30.7 Å². The van der Waals surface area contributed by atoms with Gasteiger partial charge in [-0.15, -0.1) is 5.10 Å². The molecular formula is C20H26N9O3+. The minimum Gasteiger partial charge on any atom is -0.496 e. The normalized spacial score (nSPS) is 18.7. The summed E-state index contributed by atoms with van der Waals surface area (Å²) < 4.78 is 11.4. The number of rotatable bonds is 7. The molecular weight excluding hydrogens is 414 g/mol. The molecule has 4 N–H and O–H groups in total. The molecule has 0 atom stereocenters. The van der Waals surface area contributed by atoms with Gasteiger partial charge in [0.05, 0.1) is 26.4 Å². The number of anilines is 1. The zero-order valence-corrected chi connectivity index (χ0v) is 18.0. The van der Waals surface area contributed by atoms with Crippen LogP contribution in [0.3, 0.4) is 0 Å². The molecule has 32 heavy (non-hydrogen) atoms. The van der Waals surface area contributed by atoms with Gasteiger partial charge < -0.3 is 15.4 Å². The first kappa shape index (κ1) is 21.4. The van der Waals surface area contributed by atoms with Gasteiger partial charge in [0.1, 0.15) is 18.0 Å². The SMILES string of the molecule is COc1ccccc1C=NNC(=O)c1nnn(-c2nonc2N)c1C[NH+]1CCC(C)CC1. The van der Waals surface area contributed by atoms with E-state index in [2.05, 4.69) is 38.1 Å². The fraction of sp³-hybridized carbons (Fsp3) is 0.400. The molecule has 12 nitrogen and oxygen atoms in total. The topological polar surface area (TPSA) is 151 Å². The predicted molar refractivity (Wildman–Crippen MR) is 114 cm³/mol. The van der Waals surface area contributed by atoms with Crippen LogP contribution in [-0.2, 0) is 6.54 Å². The van der Waals surface area contributed by atoms with Crippen LogP contribution >= 0.6 is 0 Å². The lowest BCUT2D eigenvalue weighted by Crippen LogP contribution is -3.11. The predicted octanol–water partition coefficient (Wildman–Crippen LogP) is -0.180. The maximum Gasteiger partial charge on any atom is 0.294 e. The van der Waals surface area contributed by atoms with Crippen LogP contribution in [0.5, 0.6) is 5.75 Å². The molecule has 1 fully saturated rings. The molecule has 12 heteroatoms. The summed E-state index contributed by atoms with van der Waals surface area (Å²) in [5.74, 6) is 1.13. The molecule has 0 aliphatic carbocycles. The van der Waals surface area contributed by atoms with E-state index in [1.807, 2.05) is 24.3 Å². The molecule has 1 aromatic carbocycles. The zero-order chi connectivity index (χ0) is 22.5. The third-order valence-electron chi connectivity index (χ3n) is 5.58. The van der Waals surface area contributed by atoms with Crippen LogP contribution in [0.25, 0.3) is 5.82 Å². The lowest BCUT2D eigenvalue weighted by molar-refractivity contribution is -0.920. The van der Waals surface area contributed by atoms with E-state index in [0.717, 1.165) is 31.5 Å². The molecule has 2 aromatic heterocycles. The van der Waals surface area contributed by atoms with Crippen molar-refractivity contribution in [3.63, 3.8) is 0 Å². The molecule has 1 amide bonds. The fourth-order valence-electron chi connectivity index (χ4n) is 3.71. The average Bonchev–Trinajstić information content (AvgIpc) is 3.41. The summed E-state index contributed by atoms with van der Waals surface area (Å²) >= 11 is 0. The van der Waals surface area contributed by atoms with Crippen LogP contribution in [0, 0.1) is 5.92 Å². The number of nitrogens with zero attached hydrogens (tertiary/aromatic N) is 6. The Morgan fingerprint density at radius 3 is 2.88 bits per heavy atom. The number of aromatic nitrogens is 5. The summed E-state index contributed by atoms with van der Waals surface area (Å²) in [6.07, 6.45) is 3.75. The standard InChI is InChI=1S/C20H25N9O3/c1-13-7-9-28(10-8-13)12-15-17(23-27-29(15)19-18(21)25-32-26-19)20(30)24-22-11-14-5-3-4-6-16(14)31-2/h3-6,11,13H,7-10,12H2,1-2H3,(H2,21,25)(H,24,30)/p+1. The summed E-state index contributed by atoms with van der Waals surface area (Å²) in [5, 5.41) is 19.6. The van der Waals surface area contributed by atoms with Gasteiger partial charge >= 0.3 is 0 Å². The van der Waals surface area contributed by atoms with Crippen LogP contribution in [0.2, 0.25) is 0 Å². The summed E-state index contributed by atoms with van der Waals surface area (Å²) in [6, 6.07) is 7.35. The number of para-hydroxylation sites is 1. The van der Waals surface area contributed by atoms with E-state index in [9.17, 15) is 4.79 Å². The number of nitrogens with two attached hydrogens (primary N) is 1. The Hall–Kier alpha value is -3.80. The highest BCUT2D eigenvalue weighted by atomic mass is 16.6. The summed E-state index contributed by atoms with van der Waals surface area (Å²) in [6.45, 7) is 4.77. The number of nitrogen functional groups attached to an aromatic ring is 1. The van der Waals surface area contributed by atoms with Gasteiger partial charge in [0.25, 0.3) is 5.91 Å². The number of nitrogens with one attached hydrogen (secondary N) is 2. The third-order valence-corrected chi connectivity index (χ3v) is 5.58. The second kappa shape index (κ2) is 9.56. The van der Waals surface area contributed by atoms with Crippen LogP contribution in [0.15, 0.2) is 34.0 Å². The van der Waals surface area contributed by atoms with E-state index >= 15 is 0 Å². The van der Waals surface area contributed by atoms with Crippen molar-refractivity contribution in [3.05, 3.63) is 41.2 Å². The van der Waals surface area contributed by atoms with Crippen molar-refractivity contribution in [3.8, 4) is 11.6 Å². The molecule has 1 aliphatic rings. The number of piperidine rings is 1. The molecule has 3 aromatic rings. The number of hydrogen-bond acceptors (Lipinski definition) is 9. The Morgan fingerprint density at radius 1 is 1.38 bits per heavy atom. The minimum absolute atomic E-state index is 0.0690. The largest absolute Gasteiger partial charge is 0.496 e. The zero-order valence-electron chi connectivity index (χ0n) is 18.0. The Balaban J connectivity index is 1.57. The third kappa shape index (κ3) is 4.59. The number of likely N-dealkylation sites (tertiary alicyclic amines) is 1. The van der Waals surface area contributed by atoms with Crippen LogP contribution in [-0.4, -0.2) is 57.6 Å². The van der Waals surface area contributed by atoms with Gasteiger partial charge in [0.15, 0.2) is 5.69 Å².